The van der Waals surface area contributed by atoms with Crippen molar-refractivity contribution in [3.05, 3.63) is 21.3 Å². The number of halogens is 4. The molecular formula is C16H17F3INO3. The van der Waals surface area contributed by atoms with Gasteiger partial charge >= 0.3 is 12.1 Å². The number of carbonyl (C=O) groups excluding carboxylic acids is 1. The summed E-state index contributed by atoms with van der Waals surface area (Å²) in [7, 11) is 3.00. The molecule has 1 amide bonds. The Hall–Kier alpha value is -1.19. The number of rotatable bonds is 3. The van der Waals surface area contributed by atoms with Crippen LogP contribution in [0.25, 0.3) is 0 Å². The summed E-state index contributed by atoms with van der Waals surface area (Å²) in [6, 6.07) is 3.46. The van der Waals surface area contributed by atoms with Crippen LogP contribution in [-0.4, -0.2) is 37.7 Å². The summed E-state index contributed by atoms with van der Waals surface area (Å²) < 4.78 is 50.6. The monoisotopic (exact) mass is 455 g/mol. The summed E-state index contributed by atoms with van der Waals surface area (Å²) in [5.41, 5.74) is -0.286. The Morgan fingerprint density at radius 2 is 1.92 bits per heavy atom. The van der Waals surface area contributed by atoms with Gasteiger partial charge in [0.2, 0.25) is 0 Å². The third kappa shape index (κ3) is 2.44. The quantitative estimate of drug-likeness (QED) is 0.653. The first-order valence-electron chi connectivity index (χ1n) is 7.56. The molecule has 2 aliphatic rings. The van der Waals surface area contributed by atoms with Gasteiger partial charge in [0.25, 0.3) is 0 Å². The molecule has 0 bridgehead atoms. The van der Waals surface area contributed by atoms with Crippen LogP contribution in [0.15, 0.2) is 12.1 Å². The van der Waals surface area contributed by atoms with Crippen molar-refractivity contribution in [1.82, 2.24) is 4.90 Å². The Bertz CT molecular complexity index is 679. The molecule has 1 aliphatic carbocycles. The van der Waals surface area contributed by atoms with E-state index in [2.05, 4.69) is 22.6 Å². The maximum absolute atomic E-state index is 13.0. The van der Waals surface area contributed by atoms with Crippen LogP contribution in [0, 0.1) is 9.49 Å². The minimum absolute atomic E-state index is 0.0295. The minimum Gasteiger partial charge on any atom is -0.496 e. The second kappa shape index (κ2) is 5.96. The van der Waals surface area contributed by atoms with Crippen LogP contribution in [0.4, 0.5) is 13.2 Å². The summed E-state index contributed by atoms with van der Waals surface area (Å²) >= 11 is 2.08. The topological polar surface area (TPSA) is 38.8 Å². The summed E-state index contributed by atoms with van der Waals surface area (Å²) in [5.74, 6) is -0.687. The van der Waals surface area contributed by atoms with Crippen molar-refractivity contribution in [1.29, 1.82) is 0 Å². The number of likely N-dealkylation sites (tertiary alicyclic amines) is 1. The molecule has 2 fully saturated rings. The van der Waals surface area contributed by atoms with E-state index >= 15 is 0 Å². The van der Waals surface area contributed by atoms with E-state index in [0.717, 1.165) is 14.9 Å². The molecule has 0 spiro atoms. The Morgan fingerprint density at radius 1 is 1.25 bits per heavy atom. The summed E-state index contributed by atoms with van der Waals surface area (Å²) in [4.78, 5) is 13.0. The molecule has 1 saturated heterocycles. The molecule has 1 aromatic rings. The third-order valence-corrected chi connectivity index (χ3v) is 6.00. The first-order valence-corrected chi connectivity index (χ1v) is 8.64. The summed E-state index contributed by atoms with van der Waals surface area (Å²) in [6.07, 6.45) is -2.97. The lowest BCUT2D eigenvalue weighted by Crippen LogP contribution is -2.56. The van der Waals surface area contributed by atoms with Gasteiger partial charge in [0.15, 0.2) is 0 Å². The number of alkyl halides is 3. The van der Waals surface area contributed by atoms with E-state index in [9.17, 15) is 18.0 Å². The molecule has 0 aromatic heterocycles. The zero-order valence-corrected chi connectivity index (χ0v) is 15.4. The van der Waals surface area contributed by atoms with Gasteiger partial charge in [-0.25, -0.2) is 0 Å². The zero-order chi connectivity index (χ0) is 17.7. The van der Waals surface area contributed by atoms with Crippen LogP contribution in [0.5, 0.6) is 11.5 Å². The SMILES string of the molecule is COc1cc(OC)c([C@@]23CC[C@@H]2CCN3C(=O)C(F)(F)F)cc1I. The maximum Gasteiger partial charge on any atom is 0.471 e. The molecule has 2 atom stereocenters. The van der Waals surface area contributed by atoms with Gasteiger partial charge in [-0.05, 0) is 53.8 Å². The van der Waals surface area contributed by atoms with Gasteiger partial charge in [-0.1, -0.05) is 0 Å². The molecule has 0 N–H and O–H groups in total. The minimum atomic E-state index is -4.87. The van der Waals surface area contributed by atoms with Crippen molar-refractivity contribution in [2.45, 2.75) is 31.0 Å². The van der Waals surface area contributed by atoms with Crippen molar-refractivity contribution in [2.24, 2.45) is 5.92 Å². The van der Waals surface area contributed by atoms with Crippen molar-refractivity contribution in [3.8, 4) is 11.5 Å². The lowest BCUT2D eigenvalue weighted by molar-refractivity contribution is -0.194. The van der Waals surface area contributed by atoms with Crippen LogP contribution in [-0.2, 0) is 10.3 Å². The number of hydrogen-bond acceptors (Lipinski definition) is 3. The predicted octanol–water partition coefficient (Wildman–Crippen LogP) is 3.71. The fourth-order valence-corrected chi connectivity index (χ4v) is 4.67. The lowest BCUT2D eigenvalue weighted by Gasteiger charge is -2.50. The molecule has 0 unspecified atom stereocenters. The molecule has 132 valence electrons. The lowest BCUT2D eigenvalue weighted by atomic mass is 9.63. The van der Waals surface area contributed by atoms with Crippen LogP contribution in [0.2, 0.25) is 0 Å². The van der Waals surface area contributed by atoms with Crippen molar-refractivity contribution < 1.29 is 27.4 Å². The van der Waals surface area contributed by atoms with E-state index in [-0.39, 0.29) is 12.5 Å². The second-order valence-electron chi connectivity index (χ2n) is 6.09. The van der Waals surface area contributed by atoms with E-state index in [1.807, 2.05) is 0 Å². The molecule has 1 saturated carbocycles. The zero-order valence-electron chi connectivity index (χ0n) is 13.2. The van der Waals surface area contributed by atoms with Crippen molar-refractivity contribution >= 4 is 28.5 Å². The predicted molar refractivity (Wildman–Crippen MR) is 89.1 cm³/mol. The van der Waals surface area contributed by atoms with E-state index in [1.165, 1.54) is 14.2 Å². The van der Waals surface area contributed by atoms with Gasteiger partial charge in [0, 0.05) is 18.2 Å². The molecule has 1 heterocycles. The number of ether oxygens (including phenoxy) is 2. The third-order valence-electron chi connectivity index (χ3n) is 5.16. The van der Waals surface area contributed by atoms with Crippen LogP contribution < -0.4 is 9.47 Å². The smallest absolute Gasteiger partial charge is 0.471 e. The average Bonchev–Trinajstić information content (AvgIpc) is 2.76. The number of nitrogens with zero attached hydrogens (tertiary/aromatic N) is 1. The van der Waals surface area contributed by atoms with Gasteiger partial charge in [-0.3, -0.25) is 4.79 Å². The Kier molecular flexibility index (Phi) is 4.38. The summed E-state index contributed by atoms with van der Waals surface area (Å²) in [6.45, 7) is 0.120. The standard InChI is InChI=1S/C16H17F3INO3/c1-23-12-8-13(24-2)11(20)7-10(12)15-5-3-9(15)4-6-21(15)14(22)16(17,18)19/h7-9H,3-6H2,1-2H3/t9-,15-/m1/s1. The van der Waals surface area contributed by atoms with Crippen LogP contribution >= 0.6 is 22.6 Å². The highest BCUT2D eigenvalue weighted by Crippen LogP contribution is 2.60. The molecule has 24 heavy (non-hydrogen) atoms. The van der Waals surface area contributed by atoms with Gasteiger partial charge in [-0.2, -0.15) is 13.2 Å². The molecule has 3 rings (SSSR count). The molecule has 0 radical (unpaired) electrons. The number of amides is 1. The highest BCUT2D eigenvalue weighted by Gasteiger charge is 2.62. The van der Waals surface area contributed by atoms with Gasteiger partial charge in [-0.15, -0.1) is 0 Å². The fraction of sp³-hybridized carbons (Fsp3) is 0.562. The van der Waals surface area contributed by atoms with E-state index in [0.29, 0.717) is 29.9 Å². The molecule has 8 heteroatoms. The number of hydrogen-bond donors (Lipinski definition) is 0. The molecule has 4 nitrogen and oxygen atoms in total. The first-order chi connectivity index (χ1) is 11.3. The van der Waals surface area contributed by atoms with E-state index in [1.54, 1.807) is 12.1 Å². The highest BCUT2D eigenvalue weighted by atomic mass is 127. The van der Waals surface area contributed by atoms with E-state index < -0.39 is 17.6 Å². The molecule has 1 aliphatic heterocycles. The maximum atomic E-state index is 13.0. The Labute approximate surface area is 151 Å². The average molecular weight is 455 g/mol. The Morgan fingerprint density at radius 3 is 2.42 bits per heavy atom. The van der Waals surface area contributed by atoms with Gasteiger partial charge < -0.3 is 14.4 Å². The van der Waals surface area contributed by atoms with Gasteiger partial charge in [0.1, 0.15) is 11.5 Å². The summed E-state index contributed by atoms with van der Waals surface area (Å²) in [5, 5.41) is 0. The van der Waals surface area contributed by atoms with Crippen LogP contribution in [0.3, 0.4) is 0 Å². The van der Waals surface area contributed by atoms with Crippen molar-refractivity contribution in [2.75, 3.05) is 20.8 Å². The highest BCUT2D eigenvalue weighted by molar-refractivity contribution is 14.1. The fourth-order valence-electron chi connectivity index (χ4n) is 3.98. The number of benzene rings is 1. The number of fused-ring (bicyclic) bond motifs is 1. The number of carbonyl (C=O) groups is 1. The molecule has 1 aromatic carbocycles. The van der Waals surface area contributed by atoms with E-state index in [4.69, 9.17) is 9.47 Å². The van der Waals surface area contributed by atoms with Crippen LogP contribution in [0.1, 0.15) is 24.8 Å². The second-order valence-corrected chi connectivity index (χ2v) is 7.25. The normalized spacial score (nSPS) is 25.9. The van der Waals surface area contributed by atoms with Crippen molar-refractivity contribution in [3.63, 3.8) is 0 Å². The first kappa shape index (κ1) is 17.6. The largest absolute Gasteiger partial charge is 0.496 e. The molecular weight excluding hydrogens is 438 g/mol. The number of methoxy groups -OCH3 is 2. The van der Waals surface area contributed by atoms with Gasteiger partial charge in [0.05, 0.1) is 23.3 Å². The Balaban J connectivity index is 2.12.